The maximum Gasteiger partial charge on any atom is 0.303 e. The van der Waals surface area contributed by atoms with Gasteiger partial charge in [0.05, 0.1) is 0 Å². The minimum atomic E-state index is -0.751. The summed E-state index contributed by atoms with van der Waals surface area (Å²) in [6, 6.07) is 0. The van der Waals surface area contributed by atoms with Gasteiger partial charge in [-0.05, 0) is 12.3 Å². The Labute approximate surface area is 83.9 Å². The van der Waals surface area contributed by atoms with Crippen molar-refractivity contribution in [2.75, 3.05) is 13.1 Å². The van der Waals surface area contributed by atoms with Gasteiger partial charge < -0.3 is 10.0 Å². The minimum Gasteiger partial charge on any atom is -0.481 e. The van der Waals surface area contributed by atoms with Crippen molar-refractivity contribution in [1.82, 2.24) is 4.90 Å². The smallest absolute Gasteiger partial charge is 0.303 e. The van der Waals surface area contributed by atoms with Crippen molar-refractivity contribution in [1.29, 1.82) is 0 Å². The second-order valence-corrected chi connectivity index (χ2v) is 4.20. The summed E-state index contributed by atoms with van der Waals surface area (Å²) in [6.07, 6.45) is 0.908. The first-order valence-electron chi connectivity index (χ1n) is 5.01. The lowest BCUT2D eigenvalue weighted by atomic mass is 9.93. The molecule has 1 aliphatic heterocycles. The Hall–Kier alpha value is -1.06. The molecule has 1 rings (SSSR count). The molecular weight excluding hydrogens is 182 g/mol. The van der Waals surface area contributed by atoms with Gasteiger partial charge in [0.25, 0.3) is 0 Å². The molecule has 4 nitrogen and oxygen atoms in total. The highest BCUT2D eigenvalue weighted by Crippen LogP contribution is 2.22. The molecular formula is C10H17NO3. The molecule has 0 aromatic rings. The van der Waals surface area contributed by atoms with Crippen molar-refractivity contribution in [3.05, 3.63) is 0 Å². The lowest BCUT2D eigenvalue weighted by molar-refractivity contribution is -0.141. The van der Waals surface area contributed by atoms with Crippen LogP contribution in [0.4, 0.5) is 0 Å². The molecule has 1 N–H and O–H groups in total. The summed E-state index contributed by atoms with van der Waals surface area (Å²) in [7, 11) is 0. The normalized spacial score (nSPS) is 16.9. The minimum absolute atomic E-state index is 0.0513. The standard InChI is InChI=1S/C10H17NO3/c1-7(2)10(14)11-5-8(6-11)3-4-9(12)13/h7-8H,3-6H2,1-2H3,(H,12,13). The zero-order chi connectivity index (χ0) is 10.7. The number of carbonyl (C=O) groups is 2. The summed E-state index contributed by atoms with van der Waals surface area (Å²) >= 11 is 0. The van der Waals surface area contributed by atoms with E-state index in [4.69, 9.17) is 5.11 Å². The van der Waals surface area contributed by atoms with Crippen LogP contribution in [0.2, 0.25) is 0 Å². The van der Waals surface area contributed by atoms with Gasteiger partial charge in [0.2, 0.25) is 5.91 Å². The Morgan fingerprint density at radius 2 is 2.00 bits per heavy atom. The summed E-state index contributed by atoms with van der Waals surface area (Å²) in [5, 5.41) is 8.46. The first-order valence-corrected chi connectivity index (χ1v) is 5.01. The number of rotatable bonds is 4. The predicted octanol–water partition coefficient (Wildman–Crippen LogP) is 0.966. The Bertz CT molecular complexity index is 232. The first-order chi connectivity index (χ1) is 6.50. The highest BCUT2D eigenvalue weighted by Gasteiger charge is 2.31. The van der Waals surface area contributed by atoms with Crippen molar-refractivity contribution in [3.8, 4) is 0 Å². The number of carboxylic acid groups (broad SMARTS) is 1. The molecule has 0 bridgehead atoms. The zero-order valence-electron chi connectivity index (χ0n) is 8.69. The van der Waals surface area contributed by atoms with Gasteiger partial charge in [-0.1, -0.05) is 13.8 Å². The second-order valence-electron chi connectivity index (χ2n) is 4.20. The van der Waals surface area contributed by atoms with Crippen LogP contribution < -0.4 is 0 Å². The van der Waals surface area contributed by atoms with Gasteiger partial charge in [-0.3, -0.25) is 9.59 Å². The van der Waals surface area contributed by atoms with Crippen LogP contribution in [0, 0.1) is 11.8 Å². The monoisotopic (exact) mass is 199 g/mol. The van der Waals surface area contributed by atoms with Gasteiger partial charge in [-0.2, -0.15) is 0 Å². The molecule has 0 atom stereocenters. The van der Waals surface area contributed by atoms with Crippen molar-refractivity contribution >= 4 is 11.9 Å². The van der Waals surface area contributed by atoms with E-state index in [0.29, 0.717) is 12.3 Å². The van der Waals surface area contributed by atoms with Gasteiger partial charge in [-0.25, -0.2) is 0 Å². The zero-order valence-corrected chi connectivity index (χ0v) is 8.69. The van der Waals surface area contributed by atoms with Crippen LogP contribution >= 0.6 is 0 Å². The maximum absolute atomic E-state index is 11.4. The quantitative estimate of drug-likeness (QED) is 0.733. The highest BCUT2D eigenvalue weighted by molar-refractivity contribution is 5.78. The van der Waals surface area contributed by atoms with E-state index in [2.05, 4.69) is 0 Å². The van der Waals surface area contributed by atoms with Crippen LogP contribution in [0.15, 0.2) is 0 Å². The highest BCUT2D eigenvalue weighted by atomic mass is 16.4. The fourth-order valence-corrected chi connectivity index (χ4v) is 1.63. The van der Waals surface area contributed by atoms with Crippen molar-refractivity contribution in [2.45, 2.75) is 26.7 Å². The molecule has 80 valence electrons. The summed E-state index contributed by atoms with van der Waals surface area (Å²) in [6.45, 7) is 5.24. The van der Waals surface area contributed by atoms with Crippen LogP contribution in [0.3, 0.4) is 0 Å². The SMILES string of the molecule is CC(C)C(=O)N1CC(CCC(=O)O)C1. The van der Waals surface area contributed by atoms with Crippen LogP contribution in [0.1, 0.15) is 26.7 Å². The van der Waals surface area contributed by atoms with Gasteiger partial charge in [-0.15, -0.1) is 0 Å². The topological polar surface area (TPSA) is 57.6 Å². The molecule has 0 aromatic carbocycles. The largest absolute Gasteiger partial charge is 0.481 e. The third-order valence-corrected chi connectivity index (χ3v) is 2.53. The number of likely N-dealkylation sites (tertiary alicyclic amines) is 1. The summed E-state index contributed by atoms with van der Waals surface area (Å²) in [5.74, 6) is -0.126. The van der Waals surface area contributed by atoms with Crippen molar-refractivity contribution in [2.24, 2.45) is 11.8 Å². The Morgan fingerprint density at radius 1 is 1.43 bits per heavy atom. The first kappa shape index (κ1) is 11.0. The van der Waals surface area contributed by atoms with Crippen LogP contribution in [-0.2, 0) is 9.59 Å². The predicted molar refractivity (Wildman–Crippen MR) is 51.8 cm³/mol. The van der Waals surface area contributed by atoms with Crippen molar-refractivity contribution < 1.29 is 14.7 Å². The maximum atomic E-state index is 11.4. The summed E-state index contributed by atoms with van der Waals surface area (Å²) in [4.78, 5) is 23.5. The van der Waals surface area contributed by atoms with Gasteiger partial charge in [0.15, 0.2) is 0 Å². The van der Waals surface area contributed by atoms with E-state index >= 15 is 0 Å². The third-order valence-electron chi connectivity index (χ3n) is 2.53. The molecule has 0 unspecified atom stereocenters. The number of aliphatic carboxylic acids is 1. The molecule has 0 aromatic heterocycles. The van der Waals surface area contributed by atoms with Crippen LogP contribution in [-0.4, -0.2) is 35.0 Å². The summed E-state index contributed by atoms with van der Waals surface area (Å²) < 4.78 is 0. The fourth-order valence-electron chi connectivity index (χ4n) is 1.63. The van der Waals surface area contributed by atoms with Gasteiger partial charge in [0.1, 0.15) is 0 Å². The molecule has 1 saturated heterocycles. The Morgan fingerprint density at radius 3 is 2.43 bits per heavy atom. The molecule has 1 aliphatic rings. The lowest BCUT2D eigenvalue weighted by Crippen LogP contribution is -2.51. The van der Waals surface area contributed by atoms with E-state index < -0.39 is 5.97 Å². The lowest BCUT2D eigenvalue weighted by Gasteiger charge is -2.40. The van der Waals surface area contributed by atoms with E-state index in [1.807, 2.05) is 13.8 Å². The number of carbonyl (C=O) groups excluding carboxylic acids is 1. The van der Waals surface area contributed by atoms with E-state index in [1.54, 1.807) is 4.90 Å². The van der Waals surface area contributed by atoms with Crippen LogP contribution in [0.25, 0.3) is 0 Å². The molecule has 0 saturated carbocycles. The molecule has 1 heterocycles. The van der Waals surface area contributed by atoms with E-state index in [1.165, 1.54) is 0 Å². The molecule has 1 amide bonds. The van der Waals surface area contributed by atoms with Crippen molar-refractivity contribution in [3.63, 3.8) is 0 Å². The molecule has 0 spiro atoms. The molecule has 0 aliphatic carbocycles. The van der Waals surface area contributed by atoms with E-state index in [-0.39, 0.29) is 18.2 Å². The van der Waals surface area contributed by atoms with Crippen LogP contribution in [0.5, 0.6) is 0 Å². The molecule has 1 fully saturated rings. The number of hydrogen-bond acceptors (Lipinski definition) is 2. The average molecular weight is 199 g/mol. The van der Waals surface area contributed by atoms with Gasteiger partial charge >= 0.3 is 5.97 Å². The third kappa shape index (κ3) is 2.72. The summed E-state index contributed by atoms with van der Waals surface area (Å²) in [5.41, 5.74) is 0. The Balaban J connectivity index is 2.17. The van der Waals surface area contributed by atoms with E-state index in [9.17, 15) is 9.59 Å². The van der Waals surface area contributed by atoms with E-state index in [0.717, 1.165) is 13.1 Å². The fraction of sp³-hybridized carbons (Fsp3) is 0.800. The number of carboxylic acids is 1. The molecule has 0 radical (unpaired) electrons. The molecule has 4 heteroatoms. The number of amides is 1. The average Bonchev–Trinajstić information content (AvgIpc) is 2.00. The Kier molecular flexibility index (Phi) is 3.49. The van der Waals surface area contributed by atoms with Gasteiger partial charge in [0, 0.05) is 25.4 Å². The second kappa shape index (κ2) is 4.44. The number of nitrogens with zero attached hydrogens (tertiary/aromatic N) is 1. The molecule has 14 heavy (non-hydrogen) atoms. The number of hydrogen-bond donors (Lipinski definition) is 1.